The normalized spacial score (nSPS) is 10.8. The van der Waals surface area contributed by atoms with Crippen molar-refractivity contribution in [3.8, 4) is 17.2 Å². The summed E-state index contributed by atoms with van der Waals surface area (Å²) in [4.78, 5) is 12.7. The summed E-state index contributed by atoms with van der Waals surface area (Å²) in [5, 5.41) is 5.61. The van der Waals surface area contributed by atoms with Crippen LogP contribution >= 0.6 is 34.8 Å². The van der Waals surface area contributed by atoms with Crippen molar-refractivity contribution in [3.63, 3.8) is 0 Å². The highest BCUT2D eigenvalue weighted by Gasteiger charge is 2.12. The molecule has 9 heteroatoms. The molecule has 0 aliphatic carbocycles. The van der Waals surface area contributed by atoms with E-state index in [1.165, 1.54) is 13.3 Å². The number of ether oxygens (including phenoxy) is 3. The number of amides is 1. The van der Waals surface area contributed by atoms with Crippen LogP contribution in [-0.4, -0.2) is 19.2 Å². The molecule has 0 atom stereocenters. The van der Waals surface area contributed by atoms with Gasteiger partial charge in [0.15, 0.2) is 11.5 Å². The molecule has 0 bridgehead atoms. The van der Waals surface area contributed by atoms with Crippen LogP contribution in [0.1, 0.15) is 27.0 Å². The van der Waals surface area contributed by atoms with Crippen molar-refractivity contribution in [2.24, 2.45) is 5.10 Å². The van der Waals surface area contributed by atoms with E-state index in [1.54, 1.807) is 54.6 Å². The molecule has 0 saturated carbocycles. The molecule has 6 nitrogen and oxygen atoms in total. The number of carbonyl (C=O) groups is 1. The lowest BCUT2D eigenvalue weighted by molar-refractivity contribution is 0.0954. The molecule has 0 unspecified atom stereocenters. The van der Waals surface area contributed by atoms with Gasteiger partial charge in [-0.15, -0.1) is 0 Å². The van der Waals surface area contributed by atoms with E-state index in [9.17, 15) is 4.79 Å². The smallest absolute Gasteiger partial charge is 0.271 e. The summed E-state index contributed by atoms with van der Waals surface area (Å²) < 4.78 is 17.2. The maximum absolute atomic E-state index is 12.7. The number of methoxy groups -OCH3 is 1. The summed E-state index contributed by atoms with van der Waals surface area (Å²) >= 11 is 18.4. The largest absolute Gasteiger partial charge is 0.493 e. The van der Waals surface area contributed by atoms with Crippen LogP contribution in [0.15, 0.2) is 90.0 Å². The number of nitrogens with zero attached hydrogens (tertiary/aromatic N) is 1. The minimum absolute atomic E-state index is 0.212. The molecule has 0 heterocycles. The second-order valence-corrected chi connectivity index (χ2v) is 9.33. The highest BCUT2D eigenvalue weighted by atomic mass is 35.5. The summed E-state index contributed by atoms with van der Waals surface area (Å²) in [5.74, 6) is 1.05. The molecule has 4 aromatic rings. The van der Waals surface area contributed by atoms with E-state index >= 15 is 0 Å². The van der Waals surface area contributed by atoms with Crippen molar-refractivity contribution in [2.75, 3.05) is 7.11 Å². The first-order chi connectivity index (χ1) is 18.4. The van der Waals surface area contributed by atoms with Gasteiger partial charge in [-0.05, 0) is 54.1 Å². The van der Waals surface area contributed by atoms with E-state index in [4.69, 9.17) is 49.0 Å². The highest BCUT2D eigenvalue weighted by Crippen LogP contribution is 2.29. The number of hydrazone groups is 1. The quantitative estimate of drug-likeness (QED) is 0.158. The van der Waals surface area contributed by atoms with Crippen LogP contribution in [0.25, 0.3) is 0 Å². The van der Waals surface area contributed by atoms with E-state index in [2.05, 4.69) is 10.5 Å². The molecule has 0 saturated heterocycles. The molecule has 0 radical (unpaired) electrons. The van der Waals surface area contributed by atoms with Gasteiger partial charge in [-0.1, -0.05) is 71.2 Å². The van der Waals surface area contributed by atoms with Gasteiger partial charge in [0.1, 0.15) is 19.0 Å². The molecular formula is C29H23Cl3N2O4. The minimum atomic E-state index is -0.424. The summed E-state index contributed by atoms with van der Waals surface area (Å²) in [6.07, 6.45) is 1.46. The molecule has 1 N–H and O–H groups in total. The zero-order valence-corrected chi connectivity index (χ0v) is 22.6. The Morgan fingerprint density at radius 2 is 1.53 bits per heavy atom. The SMILES string of the molecule is COc1cc(C(=O)N/N=C/c2cc(Cl)ccc2OCc2ccc(Cl)cc2Cl)ccc1OCc1ccccc1. The van der Waals surface area contributed by atoms with Crippen molar-refractivity contribution in [2.45, 2.75) is 13.2 Å². The fraction of sp³-hybridized carbons (Fsp3) is 0.103. The molecule has 38 heavy (non-hydrogen) atoms. The Kier molecular flexibility index (Phi) is 9.49. The Bertz CT molecular complexity index is 1450. The molecule has 4 aromatic carbocycles. The van der Waals surface area contributed by atoms with Crippen LogP contribution in [0, 0.1) is 0 Å². The Labute approximate surface area is 235 Å². The first-order valence-electron chi connectivity index (χ1n) is 11.5. The second-order valence-electron chi connectivity index (χ2n) is 8.05. The van der Waals surface area contributed by atoms with Crippen LogP contribution in [0.4, 0.5) is 0 Å². The monoisotopic (exact) mass is 568 g/mol. The molecule has 1 amide bonds. The van der Waals surface area contributed by atoms with Crippen LogP contribution in [0.5, 0.6) is 17.2 Å². The molecule has 0 aliphatic rings. The van der Waals surface area contributed by atoms with Crippen molar-refractivity contribution in [3.05, 3.63) is 122 Å². The van der Waals surface area contributed by atoms with Crippen LogP contribution < -0.4 is 19.6 Å². The summed E-state index contributed by atoms with van der Waals surface area (Å²) in [5.41, 5.74) is 5.23. The topological polar surface area (TPSA) is 69.2 Å². The lowest BCUT2D eigenvalue weighted by atomic mass is 10.2. The number of halogens is 3. The average Bonchev–Trinajstić information content (AvgIpc) is 2.92. The first kappa shape index (κ1) is 27.3. The Hall–Kier alpha value is -3.71. The standard InChI is InChI=1S/C29H23Cl3N2O4/c1-36-28-14-20(8-11-27(28)37-17-19-5-3-2-4-6-19)29(35)34-33-16-22-13-23(30)10-12-26(22)38-18-21-7-9-24(31)15-25(21)32/h2-16H,17-18H2,1H3,(H,34,35)/b33-16+. The summed E-state index contributed by atoms with van der Waals surface area (Å²) in [7, 11) is 1.52. The van der Waals surface area contributed by atoms with Gasteiger partial charge in [0.2, 0.25) is 0 Å². The maximum Gasteiger partial charge on any atom is 0.271 e. The number of hydrogen-bond donors (Lipinski definition) is 1. The van der Waals surface area contributed by atoms with Crippen LogP contribution in [0.3, 0.4) is 0 Å². The minimum Gasteiger partial charge on any atom is -0.493 e. The molecule has 4 rings (SSSR count). The first-order valence-corrected chi connectivity index (χ1v) is 12.6. The molecular weight excluding hydrogens is 547 g/mol. The fourth-order valence-corrected chi connectivity index (χ4v) is 4.08. The number of benzene rings is 4. The molecule has 0 aromatic heterocycles. The summed E-state index contributed by atoms with van der Waals surface area (Å²) in [6, 6.07) is 25.0. The Morgan fingerprint density at radius 3 is 2.29 bits per heavy atom. The average molecular weight is 570 g/mol. The van der Waals surface area contributed by atoms with Crippen molar-refractivity contribution in [1.82, 2.24) is 5.43 Å². The van der Waals surface area contributed by atoms with Gasteiger partial charge in [-0.2, -0.15) is 5.10 Å². The zero-order chi connectivity index (χ0) is 26.9. The molecule has 194 valence electrons. The van der Waals surface area contributed by atoms with E-state index in [1.807, 2.05) is 30.3 Å². The Morgan fingerprint density at radius 1 is 0.816 bits per heavy atom. The third kappa shape index (κ3) is 7.42. The van der Waals surface area contributed by atoms with Gasteiger partial charge >= 0.3 is 0 Å². The molecule has 0 fully saturated rings. The van der Waals surface area contributed by atoms with Gasteiger partial charge < -0.3 is 14.2 Å². The highest BCUT2D eigenvalue weighted by molar-refractivity contribution is 6.35. The lowest BCUT2D eigenvalue weighted by Crippen LogP contribution is -2.17. The third-order valence-corrected chi connectivity index (χ3v) is 6.22. The maximum atomic E-state index is 12.7. The Balaban J connectivity index is 1.40. The van der Waals surface area contributed by atoms with E-state index in [0.29, 0.717) is 50.1 Å². The van der Waals surface area contributed by atoms with E-state index in [0.717, 1.165) is 11.1 Å². The van der Waals surface area contributed by atoms with Gasteiger partial charge in [-0.3, -0.25) is 4.79 Å². The number of hydrogen-bond acceptors (Lipinski definition) is 5. The van der Waals surface area contributed by atoms with Crippen molar-refractivity contribution in [1.29, 1.82) is 0 Å². The predicted octanol–water partition coefficient (Wildman–Crippen LogP) is 7.58. The van der Waals surface area contributed by atoms with E-state index < -0.39 is 5.91 Å². The van der Waals surface area contributed by atoms with Crippen molar-refractivity contribution < 1.29 is 19.0 Å². The van der Waals surface area contributed by atoms with Gasteiger partial charge in [0.25, 0.3) is 5.91 Å². The number of rotatable bonds is 10. The summed E-state index contributed by atoms with van der Waals surface area (Å²) in [6.45, 7) is 0.588. The van der Waals surface area contributed by atoms with Crippen LogP contribution in [0.2, 0.25) is 15.1 Å². The number of carbonyl (C=O) groups excluding carboxylic acids is 1. The molecule has 0 spiro atoms. The zero-order valence-electron chi connectivity index (χ0n) is 20.3. The van der Waals surface area contributed by atoms with Crippen molar-refractivity contribution >= 4 is 46.9 Å². The predicted molar refractivity (Wildman–Crippen MR) is 151 cm³/mol. The lowest BCUT2D eigenvalue weighted by Gasteiger charge is -2.12. The number of nitrogens with one attached hydrogen (secondary N) is 1. The fourth-order valence-electron chi connectivity index (χ4n) is 3.43. The van der Waals surface area contributed by atoms with Crippen LogP contribution in [-0.2, 0) is 13.2 Å². The van der Waals surface area contributed by atoms with Gasteiger partial charge in [0, 0.05) is 31.8 Å². The van der Waals surface area contributed by atoms with E-state index in [-0.39, 0.29) is 6.61 Å². The second kappa shape index (κ2) is 13.2. The third-order valence-electron chi connectivity index (χ3n) is 5.40. The van der Waals surface area contributed by atoms with Gasteiger partial charge in [-0.25, -0.2) is 5.43 Å². The van der Waals surface area contributed by atoms with Gasteiger partial charge in [0.05, 0.1) is 13.3 Å². The molecule has 0 aliphatic heterocycles.